The van der Waals surface area contributed by atoms with Gasteiger partial charge in [0.25, 0.3) is 0 Å². The first-order chi connectivity index (χ1) is 7.31. The van der Waals surface area contributed by atoms with Crippen LogP contribution in [0.4, 0.5) is 0 Å². The van der Waals surface area contributed by atoms with E-state index in [1.54, 1.807) is 0 Å². The minimum atomic E-state index is 0.521. The molecule has 2 unspecified atom stereocenters. The van der Waals surface area contributed by atoms with E-state index in [1.807, 2.05) is 24.3 Å². The molecule has 1 aromatic rings. The monoisotopic (exact) mass is 204 g/mol. The van der Waals surface area contributed by atoms with Gasteiger partial charge in [-0.05, 0) is 23.8 Å². The second kappa shape index (κ2) is 4.58. The molecule has 1 saturated heterocycles. The number of hydrogen-bond acceptors (Lipinski definition) is 2. The zero-order chi connectivity index (χ0) is 10.7. The van der Waals surface area contributed by atoms with Crippen LogP contribution in [0, 0.1) is 5.92 Å². The van der Waals surface area contributed by atoms with Gasteiger partial charge in [0.05, 0.1) is 6.61 Å². The molecule has 0 saturated carbocycles. The lowest BCUT2D eigenvalue weighted by molar-refractivity contribution is 0.112. The fraction of sp³-hybridized carbons (Fsp3) is 0.462. The van der Waals surface area contributed by atoms with Crippen LogP contribution >= 0.6 is 0 Å². The highest BCUT2D eigenvalue weighted by Gasteiger charge is 2.23. The second-order valence-electron chi connectivity index (χ2n) is 4.20. The molecule has 0 spiro atoms. The van der Waals surface area contributed by atoms with E-state index in [-0.39, 0.29) is 0 Å². The molecule has 0 aliphatic carbocycles. The summed E-state index contributed by atoms with van der Waals surface area (Å²) >= 11 is 0. The first-order valence-electron chi connectivity index (χ1n) is 5.44. The first-order valence-corrected chi connectivity index (χ1v) is 5.44. The molecule has 2 atom stereocenters. The molecule has 0 aromatic heterocycles. The molecule has 2 nitrogen and oxygen atoms in total. The fourth-order valence-corrected chi connectivity index (χ4v) is 2.10. The van der Waals surface area contributed by atoms with E-state index in [2.05, 4.69) is 6.92 Å². The zero-order valence-electron chi connectivity index (χ0n) is 8.98. The maximum Gasteiger partial charge on any atom is 0.150 e. The van der Waals surface area contributed by atoms with Crippen LogP contribution in [0.3, 0.4) is 0 Å². The Labute approximate surface area is 90.3 Å². The highest BCUT2D eigenvalue weighted by Crippen LogP contribution is 2.30. The van der Waals surface area contributed by atoms with Gasteiger partial charge in [-0.3, -0.25) is 4.79 Å². The predicted octanol–water partition coefficient (Wildman–Crippen LogP) is 2.64. The lowest BCUT2D eigenvalue weighted by Gasteiger charge is -2.17. The van der Waals surface area contributed by atoms with Gasteiger partial charge in [0.15, 0.2) is 0 Å². The van der Waals surface area contributed by atoms with Crippen LogP contribution < -0.4 is 0 Å². The number of hydrogen-bond donors (Lipinski definition) is 0. The van der Waals surface area contributed by atoms with Crippen LogP contribution in [-0.4, -0.2) is 19.5 Å². The molecule has 2 heteroatoms. The first kappa shape index (κ1) is 10.4. The van der Waals surface area contributed by atoms with E-state index in [4.69, 9.17) is 4.74 Å². The van der Waals surface area contributed by atoms with Crippen molar-refractivity contribution in [1.82, 2.24) is 0 Å². The molecule has 1 fully saturated rings. The van der Waals surface area contributed by atoms with Gasteiger partial charge >= 0.3 is 0 Å². The maximum absolute atomic E-state index is 10.5. The van der Waals surface area contributed by atoms with Crippen molar-refractivity contribution < 1.29 is 9.53 Å². The fourth-order valence-electron chi connectivity index (χ4n) is 2.10. The largest absolute Gasteiger partial charge is 0.381 e. The molecule has 1 aliphatic rings. The van der Waals surface area contributed by atoms with Gasteiger partial charge in [-0.1, -0.05) is 31.2 Å². The Bertz CT molecular complexity index is 323. The number of benzene rings is 1. The molecule has 0 bridgehead atoms. The minimum absolute atomic E-state index is 0.521. The summed E-state index contributed by atoms with van der Waals surface area (Å²) in [6.07, 6.45) is 2.03. The Hall–Kier alpha value is -1.15. The van der Waals surface area contributed by atoms with Crippen LogP contribution in [0.2, 0.25) is 0 Å². The molecule has 2 rings (SSSR count). The molecular formula is C13H16O2. The van der Waals surface area contributed by atoms with Gasteiger partial charge in [-0.15, -0.1) is 0 Å². The van der Waals surface area contributed by atoms with E-state index >= 15 is 0 Å². The SMILES string of the molecule is CC(c1ccc(C=O)cc1)C1CCOC1. The van der Waals surface area contributed by atoms with Crippen molar-refractivity contribution in [1.29, 1.82) is 0 Å². The molecule has 15 heavy (non-hydrogen) atoms. The molecule has 1 heterocycles. The van der Waals surface area contributed by atoms with Crippen molar-refractivity contribution >= 4 is 6.29 Å². The average molecular weight is 204 g/mol. The van der Waals surface area contributed by atoms with Crippen molar-refractivity contribution in [3.05, 3.63) is 35.4 Å². The summed E-state index contributed by atoms with van der Waals surface area (Å²) in [5, 5.41) is 0. The van der Waals surface area contributed by atoms with E-state index in [0.29, 0.717) is 11.8 Å². The van der Waals surface area contributed by atoms with Gasteiger partial charge in [0.2, 0.25) is 0 Å². The van der Waals surface area contributed by atoms with E-state index < -0.39 is 0 Å². The van der Waals surface area contributed by atoms with Gasteiger partial charge in [0.1, 0.15) is 6.29 Å². The number of carbonyl (C=O) groups excluding carboxylic acids is 1. The lowest BCUT2D eigenvalue weighted by Crippen LogP contribution is -2.09. The van der Waals surface area contributed by atoms with Crippen molar-refractivity contribution in [3.8, 4) is 0 Å². The number of rotatable bonds is 3. The third-order valence-corrected chi connectivity index (χ3v) is 3.27. The quantitative estimate of drug-likeness (QED) is 0.707. The normalized spacial score (nSPS) is 22.6. The Morgan fingerprint density at radius 2 is 2.13 bits per heavy atom. The van der Waals surface area contributed by atoms with Gasteiger partial charge in [0, 0.05) is 12.2 Å². The van der Waals surface area contributed by atoms with Crippen LogP contribution in [0.1, 0.15) is 35.2 Å². The third-order valence-electron chi connectivity index (χ3n) is 3.27. The summed E-state index contributed by atoms with van der Waals surface area (Å²) in [5.74, 6) is 1.15. The molecule has 0 radical (unpaired) electrons. The molecule has 1 aromatic carbocycles. The summed E-state index contributed by atoms with van der Waals surface area (Å²) in [6, 6.07) is 7.86. The summed E-state index contributed by atoms with van der Waals surface area (Å²) in [7, 11) is 0. The van der Waals surface area contributed by atoms with Crippen LogP contribution in [-0.2, 0) is 4.74 Å². The third kappa shape index (κ3) is 2.26. The standard InChI is InChI=1S/C13H16O2/c1-10(13-6-7-15-9-13)12-4-2-11(8-14)3-5-12/h2-5,8,10,13H,6-7,9H2,1H3. The van der Waals surface area contributed by atoms with Crippen molar-refractivity contribution in [2.45, 2.75) is 19.3 Å². The Kier molecular flexibility index (Phi) is 3.17. The topological polar surface area (TPSA) is 26.3 Å². The van der Waals surface area contributed by atoms with Crippen LogP contribution in [0.25, 0.3) is 0 Å². The molecule has 0 amide bonds. The summed E-state index contributed by atoms with van der Waals surface area (Å²) < 4.78 is 5.39. The summed E-state index contributed by atoms with van der Waals surface area (Å²) in [5.41, 5.74) is 2.05. The van der Waals surface area contributed by atoms with E-state index in [0.717, 1.165) is 31.5 Å². The molecule has 0 N–H and O–H groups in total. The van der Waals surface area contributed by atoms with E-state index in [1.165, 1.54) is 5.56 Å². The summed E-state index contributed by atoms with van der Waals surface area (Å²) in [4.78, 5) is 10.5. The highest BCUT2D eigenvalue weighted by atomic mass is 16.5. The van der Waals surface area contributed by atoms with Gasteiger partial charge < -0.3 is 4.74 Å². The zero-order valence-corrected chi connectivity index (χ0v) is 8.98. The van der Waals surface area contributed by atoms with Crippen LogP contribution in [0.5, 0.6) is 0 Å². The van der Waals surface area contributed by atoms with Crippen molar-refractivity contribution in [2.24, 2.45) is 5.92 Å². The number of ether oxygens (including phenoxy) is 1. The average Bonchev–Trinajstić information content (AvgIpc) is 2.82. The van der Waals surface area contributed by atoms with Crippen LogP contribution in [0.15, 0.2) is 24.3 Å². The second-order valence-corrected chi connectivity index (χ2v) is 4.20. The highest BCUT2D eigenvalue weighted by molar-refractivity contribution is 5.74. The molecule has 80 valence electrons. The van der Waals surface area contributed by atoms with E-state index in [9.17, 15) is 4.79 Å². The van der Waals surface area contributed by atoms with Crippen molar-refractivity contribution in [2.75, 3.05) is 13.2 Å². The Morgan fingerprint density at radius 3 is 2.67 bits per heavy atom. The maximum atomic E-state index is 10.5. The number of aldehydes is 1. The minimum Gasteiger partial charge on any atom is -0.381 e. The van der Waals surface area contributed by atoms with Gasteiger partial charge in [-0.25, -0.2) is 0 Å². The number of carbonyl (C=O) groups is 1. The molecule has 1 aliphatic heterocycles. The Morgan fingerprint density at radius 1 is 1.40 bits per heavy atom. The molecular weight excluding hydrogens is 188 g/mol. The Balaban J connectivity index is 2.10. The smallest absolute Gasteiger partial charge is 0.150 e. The lowest BCUT2D eigenvalue weighted by atomic mass is 9.87. The van der Waals surface area contributed by atoms with Crippen molar-refractivity contribution in [3.63, 3.8) is 0 Å². The van der Waals surface area contributed by atoms with Gasteiger partial charge in [-0.2, -0.15) is 0 Å². The predicted molar refractivity (Wildman–Crippen MR) is 59.2 cm³/mol. The summed E-state index contributed by atoms with van der Waals surface area (Å²) in [6.45, 7) is 3.99.